The van der Waals surface area contributed by atoms with E-state index >= 15 is 0 Å². The third-order valence-corrected chi connectivity index (χ3v) is 4.26. The van der Waals surface area contributed by atoms with E-state index in [0.717, 1.165) is 4.68 Å². The lowest BCUT2D eigenvalue weighted by molar-refractivity contribution is -0.141. The molecule has 1 heterocycles. The number of carbonyl (C=O) groups excluding carboxylic acids is 1. The first kappa shape index (κ1) is 22.3. The number of aromatic hydroxyl groups is 1. The van der Waals surface area contributed by atoms with Gasteiger partial charge in [-0.15, -0.1) is 0 Å². The third-order valence-electron chi connectivity index (χ3n) is 3.94. The van der Waals surface area contributed by atoms with Crippen molar-refractivity contribution in [3.8, 4) is 23.1 Å². The van der Waals surface area contributed by atoms with Gasteiger partial charge in [0, 0.05) is 17.8 Å². The van der Waals surface area contributed by atoms with Gasteiger partial charge in [0.15, 0.2) is 23.8 Å². The van der Waals surface area contributed by atoms with E-state index in [0.29, 0.717) is 12.7 Å². The largest absolute Gasteiger partial charge is 0.504 e. The van der Waals surface area contributed by atoms with Crippen LogP contribution in [-0.4, -0.2) is 34.0 Å². The fourth-order valence-electron chi connectivity index (χ4n) is 2.61. The molecule has 0 saturated heterocycles. The highest BCUT2D eigenvalue weighted by Gasteiger charge is 2.36. The molecule has 0 unspecified atom stereocenters. The molecule has 7 nitrogen and oxygen atoms in total. The molecule has 0 bridgehead atoms. The fraction of sp³-hybridized carbons (Fsp3) is 0.200. The number of amides is 1. The number of para-hydroxylation sites is 1. The number of anilines is 1. The number of aromatic nitrogens is 2. The quantitative estimate of drug-likeness (QED) is 0.541. The summed E-state index contributed by atoms with van der Waals surface area (Å²) in [7, 11) is 0. The number of phenolic OH excluding ortho intramolecular Hbond substituents is 1. The molecule has 3 rings (SSSR count). The van der Waals surface area contributed by atoms with Crippen LogP contribution in [0.1, 0.15) is 12.6 Å². The van der Waals surface area contributed by atoms with E-state index in [9.17, 15) is 23.1 Å². The molecule has 164 valence electrons. The first-order valence-electron chi connectivity index (χ1n) is 8.99. The summed E-state index contributed by atoms with van der Waals surface area (Å²) in [4.78, 5) is 12.2. The van der Waals surface area contributed by atoms with E-state index in [2.05, 4.69) is 10.4 Å². The normalized spacial score (nSPS) is 11.3. The summed E-state index contributed by atoms with van der Waals surface area (Å²) >= 11 is 6.06. The van der Waals surface area contributed by atoms with Gasteiger partial charge in [-0.05, 0) is 31.2 Å². The molecule has 3 aromatic rings. The lowest BCUT2D eigenvalue weighted by Crippen LogP contribution is -2.21. The van der Waals surface area contributed by atoms with Gasteiger partial charge in [-0.1, -0.05) is 23.7 Å². The van der Waals surface area contributed by atoms with Gasteiger partial charge < -0.3 is 19.9 Å². The number of nitrogens with one attached hydrogen (secondary N) is 1. The number of phenols is 1. The van der Waals surface area contributed by atoms with Crippen LogP contribution in [0, 0.1) is 0 Å². The summed E-state index contributed by atoms with van der Waals surface area (Å²) in [6, 6.07) is 11.1. The van der Waals surface area contributed by atoms with Crippen LogP contribution in [0.5, 0.6) is 17.4 Å². The highest BCUT2D eigenvalue weighted by Crippen LogP contribution is 2.33. The summed E-state index contributed by atoms with van der Waals surface area (Å²) in [5, 5.41) is 16.0. The highest BCUT2D eigenvalue weighted by atomic mass is 35.5. The van der Waals surface area contributed by atoms with Crippen LogP contribution in [0.25, 0.3) is 5.69 Å². The maximum absolute atomic E-state index is 13.1. The van der Waals surface area contributed by atoms with Gasteiger partial charge >= 0.3 is 6.18 Å². The SMILES string of the molecule is CCOc1ccc(NC(=O)COc2cc(C(F)(F)F)nn2-c2ccccc2Cl)cc1O. The van der Waals surface area contributed by atoms with Crippen molar-refractivity contribution in [2.45, 2.75) is 13.1 Å². The number of carbonyl (C=O) groups is 1. The predicted octanol–water partition coefficient (Wildman–Crippen LogP) is 4.67. The summed E-state index contributed by atoms with van der Waals surface area (Å²) in [6.45, 7) is 1.50. The molecular formula is C20H17ClF3N3O4. The van der Waals surface area contributed by atoms with Crippen molar-refractivity contribution in [1.29, 1.82) is 0 Å². The number of benzene rings is 2. The van der Waals surface area contributed by atoms with E-state index in [-0.39, 0.29) is 33.8 Å². The van der Waals surface area contributed by atoms with Crippen LogP contribution in [-0.2, 0) is 11.0 Å². The molecule has 0 spiro atoms. The fourth-order valence-corrected chi connectivity index (χ4v) is 2.83. The van der Waals surface area contributed by atoms with Crippen molar-refractivity contribution in [3.05, 3.63) is 59.2 Å². The molecule has 11 heteroatoms. The molecule has 31 heavy (non-hydrogen) atoms. The molecule has 0 aliphatic rings. The maximum Gasteiger partial charge on any atom is 0.435 e. The Morgan fingerprint density at radius 3 is 2.58 bits per heavy atom. The second-order valence-corrected chi connectivity index (χ2v) is 6.59. The van der Waals surface area contributed by atoms with E-state index < -0.39 is 24.4 Å². The second kappa shape index (κ2) is 9.17. The van der Waals surface area contributed by atoms with E-state index in [1.54, 1.807) is 19.1 Å². The minimum Gasteiger partial charge on any atom is -0.504 e. The zero-order valence-electron chi connectivity index (χ0n) is 16.1. The van der Waals surface area contributed by atoms with Crippen LogP contribution in [0.15, 0.2) is 48.5 Å². The molecule has 1 amide bonds. The van der Waals surface area contributed by atoms with Gasteiger partial charge in [-0.3, -0.25) is 4.79 Å². The van der Waals surface area contributed by atoms with Gasteiger partial charge in [-0.25, -0.2) is 0 Å². The molecular weight excluding hydrogens is 439 g/mol. The van der Waals surface area contributed by atoms with Gasteiger partial charge in [0.25, 0.3) is 5.91 Å². The number of nitrogens with zero attached hydrogens (tertiary/aromatic N) is 2. The van der Waals surface area contributed by atoms with Crippen LogP contribution in [0.2, 0.25) is 5.02 Å². The Hall–Kier alpha value is -3.40. The van der Waals surface area contributed by atoms with Crippen LogP contribution >= 0.6 is 11.6 Å². The number of hydrogen-bond acceptors (Lipinski definition) is 5. The third kappa shape index (κ3) is 5.40. The Morgan fingerprint density at radius 1 is 1.19 bits per heavy atom. The molecule has 0 aliphatic heterocycles. The molecule has 2 aromatic carbocycles. The van der Waals surface area contributed by atoms with E-state index in [1.807, 2.05) is 0 Å². The number of hydrogen-bond donors (Lipinski definition) is 2. The van der Waals surface area contributed by atoms with Crippen molar-refractivity contribution in [1.82, 2.24) is 9.78 Å². The number of rotatable bonds is 7. The standard InChI is InChI=1S/C20H17ClF3N3O4/c1-2-30-16-8-7-12(9-15(16)28)25-18(29)11-31-19-10-17(20(22,23)24)26-27(19)14-6-4-3-5-13(14)21/h3-10,28H,2,11H2,1H3,(H,25,29). The Bertz CT molecular complexity index is 1090. The Kier molecular flexibility index (Phi) is 6.59. The lowest BCUT2D eigenvalue weighted by atomic mass is 10.2. The van der Waals surface area contributed by atoms with Crippen molar-refractivity contribution in [2.24, 2.45) is 0 Å². The van der Waals surface area contributed by atoms with E-state index in [1.165, 1.54) is 30.3 Å². The van der Waals surface area contributed by atoms with Crippen molar-refractivity contribution in [3.63, 3.8) is 0 Å². The highest BCUT2D eigenvalue weighted by molar-refractivity contribution is 6.32. The van der Waals surface area contributed by atoms with Crippen molar-refractivity contribution >= 4 is 23.2 Å². The summed E-state index contributed by atoms with van der Waals surface area (Å²) in [6.07, 6.45) is -4.72. The molecule has 2 N–H and O–H groups in total. The lowest BCUT2D eigenvalue weighted by Gasteiger charge is -2.11. The average molecular weight is 456 g/mol. The van der Waals surface area contributed by atoms with Gasteiger partial charge in [-0.2, -0.15) is 23.0 Å². The molecule has 0 fully saturated rings. The number of alkyl halides is 3. The number of ether oxygens (including phenoxy) is 2. The van der Waals surface area contributed by atoms with Gasteiger partial charge in [0.05, 0.1) is 17.3 Å². The molecule has 0 atom stereocenters. The minimum absolute atomic E-state index is 0.151. The van der Waals surface area contributed by atoms with E-state index in [4.69, 9.17) is 21.1 Å². The van der Waals surface area contributed by atoms with Crippen LogP contribution in [0.4, 0.5) is 18.9 Å². The molecule has 0 radical (unpaired) electrons. The number of halogens is 4. The van der Waals surface area contributed by atoms with Gasteiger partial charge in [0.2, 0.25) is 5.88 Å². The summed E-state index contributed by atoms with van der Waals surface area (Å²) in [5.74, 6) is -0.901. The monoisotopic (exact) mass is 455 g/mol. The first-order chi connectivity index (χ1) is 14.7. The molecule has 0 aliphatic carbocycles. The van der Waals surface area contributed by atoms with Crippen molar-refractivity contribution < 1.29 is 32.5 Å². The maximum atomic E-state index is 13.1. The zero-order chi connectivity index (χ0) is 22.6. The predicted molar refractivity (Wildman–Crippen MR) is 107 cm³/mol. The molecule has 0 saturated carbocycles. The average Bonchev–Trinajstić information content (AvgIpc) is 3.13. The van der Waals surface area contributed by atoms with Crippen LogP contribution < -0.4 is 14.8 Å². The smallest absolute Gasteiger partial charge is 0.435 e. The minimum atomic E-state index is -4.72. The Labute approximate surface area is 180 Å². The second-order valence-electron chi connectivity index (χ2n) is 6.18. The summed E-state index contributed by atoms with van der Waals surface area (Å²) in [5.41, 5.74) is -0.782. The topological polar surface area (TPSA) is 85.6 Å². The van der Waals surface area contributed by atoms with Crippen LogP contribution in [0.3, 0.4) is 0 Å². The first-order valence-corrected chi connectivity index (χ1v) is 9.37. The zero-order valence-corrected chi connectivity index (χ0v) is 16.9. The van der Waals surface area contributed by atoms with Gasteiger partial charge in [0.1, 0.15) is 0 Å². The Balaban J connectivity index is 1.76. The van der Waals surface area contributed by atoms with Crippen molar-refractivity contribution in [2.75, 3.05) is 18.5 Å². The summed E-state index contributed by atoms with van der Waals surface area (Å²) < 4.78 is 50.8. The Morgan fingerprint density at radius 2 is 1.94 bits per heavy atom. The molecule has 1 aromatic heterocycles.